The molecule has 2 aliphatic rings. The molecule has 1 heterocycles. The number of ether oxygens (including phenoxy) is 1. The van der Waals surface area contributed by atoms with Crippen LogP contribution >= 0.6 is 0 Å². The van der Waals surface area contributed by atoms with Crippen molar-refractivity contribution in [2.45, 2.75) is 64.0 Å². The minimum Gasteiger partial charge on any atom is -0.375 e. The Kier molecular flexibility index (Phi) is 4.82. The first-order valence-corrected chi connectivity index (χ1v) is 8.67. The second kappa shape index (κ2) is 6.82. The number of carbonyl (C=O) groups excluding carboxylic acids is 1. The zero-order valence-electron chi connectivity index (χ0n) is 13.8. The van der Waals surface area contributed by atoms with Crippen LogP contribution in [0.1, 0.15) is 67.8 Å². The Morgan fingerprint density at radius 2 is 1.77 bits per heavy atom. The van der Waals surface area contributed by atoms with Crippen molar-refractivity contribution in [3.8, 4) is 0 Å². The summed E-state index contributed by atoms with van der Waals surface area (Å²) in [4.78, 5) is 14.7. The van der Waals surface area contributed by atoms with Crippen LogP contribution in [0.2, 0.25) is 0 Å². The maximum absolute atomic E-state index is 12.7. The van der Waals surface area contributed by atoms with Gasteiger partial charge in [0.25, 0.3) is 5.91 Å². The summed E-state index contributed by atoms with van der Waals surface area (Å²) in [7, 11) is 0. The van der Waals surface area contributed by atoms with Gasteiger partial charge in [0.1, 0.15) is 0 Å². The molecule has 3 nitrogen and oxygen atoms in total. The Morgan fingerprint density at radius 3 is 2.45 bits per heavy atom. The lowest BCUT2D eigenvalue weighted by atomic mass is 9.84. The Balaban J connectivity index is 1.70. The van der Waals surface area contributed by atoms with Gasteiger partial charge in [0.05, 0.1) is 18.8 Å². The van der Waals surface area contributed by atoms with E-state index in [2.05, 4.69) is 19.1 Å². The molecular formula is C19H27NO2. The van der Waals surface area contributed by atoms with Crippen LogP contribution in [0, 0.1) is 0 Å². The van der Waals surface area contributed by atoms with Crippen LogP contribution in [0.4, 0.5) is 0 Å². The third-order valence-electron chi connectivity index (χ3n) is 5.10. The number of carbonyl (C=O) groups is 1. The van der Waals surface area contributed by atoms with E-state index in [9.17, 15) is 4.79 Å². The summed E-state index contributed by atoms with van der Waals surface area (Å²) in [6.07, 6.45) is 6.78. The van der Waals surface area contributed by atoms with Crippen LogP contribution in [0.25, 0.3) is 0 Å². The number of rotatable bonds is 2. The zero-order valence-corrected chi connectivity index (χ0v) is 13.8. The number of morpholine rings is 1. The average molecular weight is 301 g/mol. The molecule has 120 valence electrons. The molecule has 1 aromatic carbocycles. The number of hydrogen-bond donors (Lipinski definition) is 0. The summed E-state index contributed by atoms with van der Waals surface area (Å²) in [6, 6.07) is 8.51. The SMILES string of the molecule is CC1CN(C(=O)c2ccc(C3CCCCC3)cc2)C(C)CO1. The first kappa shape index (κ1) is 15.5. The van der Waals surface area contributed by atoms with Crippen LogP contribution < -0.4 is 0 Å². The fraction of sp³-hybridized carbons (Fsp3) is 0.632. The fourth-order valence-electron chi connectivity index (χ4n) is 3.69. The highest BCUT2D eigenvalue weighted by Gasteiger charge is 2.28. The molecule has 1 saturated carbocycles. The number of hydrogen-bond acceptors (Lipinski definition) is 2. The minimum atomic E-state index is 0.127. The van der Waals surface area contributed by atoms with Crippen molar-refractivity contribution in [1.29, 1.82) is 0 Å². The normalized spacial score (nSPS) is 26.9. The molecule has 1 amide bonds. The van der Waals surface area contributed by atoms with Gasteiger partial charge in [-0.25, -0.2) is 0 Å². The molecule has 2 atom stereocenters. The second-order valence-corrected chi connectivity index (χ2v) is 6.91. The summed E-state index contributed by atoms with van der Waals surface area (Å²) in [5.74, 6) is 0.832. The van der Waals surface area contributed by atoms with Crippen molar-refractivity contribution < 1.29 is 9.53 Å². The van der Waals surface area contributed by atoms with E-state index >= 15 is 0 Å². The highest BCUT2D eigenvalue weighted by atomic mass is 16.5. The molecule has 22 heavy (non-hydrogen) atoms. The number of nitrogens with zero attached hydrogens (tertiary/aromatic N) is 1. The van der Waals surface area contributed by atoms with Gasteiger partial charge in [0.15, 0.2) is 0 Å². The lowest BCUT2D eigenvalue weighted by Gasteiger charge is -2.36. The summed E-state index contributed by atoms with van der Waals surface area (Å²) < 4.78 is 5.61. The number of amides is 1. The minimum absolute atomic E-state index is 0.127. The molecule has 1 saturated heterocycles. The quantitative estimate of drug-likeness (QED) is 0.827. The maximum atomic E-state index is 12.7. The highest BCUT2D eigenvalue weighted by Crippen LogP contribution is 2.32. The van der Waals surface area contributed by atoms with E-state index in [0.29, 0.717) is 19.1 Å². The molecule has 0 aromatic heterocycles. The maximum Gasteiger partial charge on any atom is 0.254 e. The Hall–Kier alpha value is -1.35. The van der Waals surface area contributed by atoms with Crippen LogP contribution in [-0.4, -0.2) is 36.1 Å². The van der Waals surface area contributed by atoms with E-state index < -0.39 is 0 Å². The smallest absolute Gasteiger partial charge is 0.254 e. The van der Waals surface area contributed by atoms with E-state index in [-0.39, 0.29) is 18.1 Å². The van der Waals surface area contributed by atoms with Gasteiger partial charge in [-0.05, 0) is 50.3 Å². The van der Waals surface area contributed by atoms with Gasteiger partial charge in [0.2, 0.25) is 0 Å². The molecule has 2 unspecified atom stereocenters. The topological polar surface area (TPSA) is 29.5 Å². The molecule has 0 radical (unpaired) electrons. The van der Waals surface area contributed by atoms with Crippen molar-refractivity contribution >= 4 is 5.91 Å². The molecular weight excluding hydrogens is 274 g/mol. The van der Waals surface area contributed by atoms with E-state index in [4.69, 9.17) is 4.74 Å². The van der Waals surface area contributed by atoms with Crippen molar-refractivity contribution in [2.75, 3.05) is 13.2 Å². The van der Waals surface area contributed by atoms with E-state index in [1.807, 2.05) is 24.0 Å². The third-order valence-corrected chi connectivity index (χ3v) is 5.10. The summed E-state index contributed by atoms with van der Waals surface area (Å²) in [5, 5.41) is 0. The highest BCUT2D eigenvalue weighted by molar-refractivity contribution is 5.94. The van der Waals surface area contributed by atoms with Crippen LogP contribution in [0.5, 0.6) is 0 Å². The molecule has 1 aliphatic heterocycles. The standard InChI is InChI=1S/C19H27NO2/c1-14-13-22-15(2)12-20(14)19(21)18-10-8-17(9-11-18)16-6-4-3-5-7-16/h8-11,14-16H,3-7,12-13H2,1-2H3. The largest absolute Gasteiger partial charge is 0.375 e. The van der Waals surface area contributed by atoms with Gasteiger partial charge in [-0.15, -0.1) is 0 Å². The van der Waals surface area contributed by atoms with Crippen molar-refractivity contribution in [2.24, 2.45) is 0 Å². The van der Waals surface area contributed by atoms with E-state index in [1.165, 1.54) is 37.7 Å². The molecule has 0 N–H and O–H groups in total. The average Bonchev–Trinajstić information content (AvgIpc) is 2.57. The van der Waals surface area contributed by atoms with Gasteiger partial charge in [0, 0.05) is 12.1 Å². The van der Waals surface area contributed by atoms with Gasteiger partial charge in [-0.2, -0.15) is 0 Å². The molecule has 1 aliphatic carbocycles. The van der Waals surface area contributed by atoms with Crippen LogP contribution in [0.15, 0.2) is 24.3 Å². The van der Waals surface area contributed by atoms with Crippen molar-refractivity contribution in [1.82, 2.24) is 4.90 Å². The molecule has 3 heteroatoms. The van der Waals surface area contributed by atoms with Gasteiger partial charge >= 0.3 is 0 Å². The number of benzene rings is 1. The lowest BCUT2D eigenvalue weighted by Crippen LogP contribution is -2.50. The predicted molar refractivity (Wildman–Crippen MR) is 88.2 cm³/mol. The van der Waals surface area contributed by atoms with Crippen molar-refractivity contribution in [3.05, 3.63) is 35.4 Å². The molecule has 0 spiro atoms. The Morgan fingerprint density at radius 1 is 1.09 bits per heavy atom. The second-order valence-electron chi connectivity index (χ2n) is 6.91. The summed E-state index contributed by atoms with van der Waals surface area (Å²) >= 11 is 0. The van der Waals surface area contributed by atoms with Crippen LogP contribution in [-0.2, 0) is 4.74 Å². The molecule has 0 bridgehead atoms. The first-order chi connectivity index (χ1) is 10.6. The molecule has 1 aromatic rings. The summed E-state index contributed by atoms with van der Waals surface area (Å²) in [5.41, 5.74) is 2.21. The van der Waals surface area contributed by atoms with Crippen LogP contribution in [0.3, 0.4) is 0 Å². The molecule has 2 fully saturated rings. The predicted octanol–water partition coefficient (Wildman–Crippen LogP) is 3.98. The Bertz CT molecular complexity index is 505. The van der Waals surface area contributed by atoms with E-state index in [0.717, 1.165) is 5.56 Å². The molecule has 3 rings (SSSR count). The lowest BCUT2D eigenvalue weighted by molar-refractivity contribution is -0.0387. The third kappa shape index (κ3) is 3.35. The monoisotopic (exact) mass is 301 g/mol. The van der Waals surface area contributed by atoms with Gasteiger partial charge < -0.3 is 9.64 Å². The fourth-order valence-corrected chi connectivity index (χ4v) is 3.69. The Labute approximate surface area is 133 Å². The van der Waals surface area contributed by atoms with Crippen molar-refractivity contribution in [3.63, 3.8) is 0 Å². The first-order valence-electron chi connectivity index (χ1n) is 8.67. The summed E-state index contributed by atoms with van der Waals surface area (Å²) in [6.45, 7) is 5.40. The zero-order chi connectivity index (χ0) is 15.5. The van der Waals surface area contributed by atoms with Gasteiger partial charge in [-0.1, -0.05) is 31.4 Å². The van der Waals surface area contributed by atoms with Gasteiger partial charge in [-0.3, -0.25) is 4.79 Å². The van der Waals surface area contributed by atoms with E-state index in [1.54, 1.807) is 0 Å².